The number of ether oxygens (including phenoxy) is 1. The largest absolute Gasteiger partial charge is 0.491 e. The zero-order chi connectivity index (χ0) is 13.7. The summed E-state index contributed by atoms with van der Waals surface area (Å²) in [6.45, 7) is 6.71. The van der Waals surface area contributed by atoms with E-state index in [-0.39, 0.29) is 6.04 Å². The molecule has 0 saturated carbocycles. The van der Waals surface area contributed by atoms with E-state index < -0.39 is 6.10 Å². The Morgan fingerprint density at radius 3 is 2.79 bits per heavy atom. The first-order valence-electron chi connectivity index (χ1n) is 7.06. The van der Waals surface area contributed by atoms with Crippen molar-refractivity contribution in [2.75, 3.05) is 19.7 Å². The zero-order valence-electron chi connectivity index (χ0n) is 11.9. The van der Waals surface area contributed by atoms with Gasteiger partial charge in [-0.2, -0.15) is 0 Å². The highest BCUT2D eigenvalue weighted by atomic mass is 16.5. The third-order valence-electron chi connectivity index (χ3n) is 3.54. The molecule has 1 aliphatic rings. The Hall–Kier alpha value is -1.06. The molecule has 1 unspecified atom stereocenters. The average Bonchev–Trinajstić information content (AvgIpc) is 2.84. The second-order valence-electron chi connectivity index (χ2n) is 5.58. The molecule has 1 aromatic rings. The minimum absolute atomic E-state index is 0.235. The van der Waals surface area contributed by atoms with Crippen molar-refractivity contribution in [2.24, 2.45) is 0 Å². The summed E-state index contributed by atoms with van der Waals surface area (Å²) < 4.78 is 5.65. The van der Waals surface area contributed by atoms with Crippen molar-refractivity contribution in [2.45, 2.75) is 38.8 Å². The minimum atomic E-state index is -0.415. The van der Waals surface area contributed by atoms with Crippen molar-refractivity contribution in [1.82, 2.24) is 4.90 Å². The number of para-hydroxylation sites is 1. The van der Waals surface area contributed by atoms with E-state index in [0.29, 0.717) is 6.61 Å². The molecule has 0 aliphatic carbocycles. The van der Waals surface area contributed by atoms with Gasteiger partial charge in [-0.1, -0.05) is 32.0 Å². The minimum Gasteiger partial charge on any atom is -0.491 e. The number of nitrogens with zero attached hydrogens (tertiary/aromatic N) is 1. The van der Waals surface area contributed by atoms with Gasteiger partial charge in [0.2, 0.25) is 0 Å². The molecule has 1 N–H and O–H groups in total. The first kappa shape index (κ1) is 14.4. The van der Waals surface area contributed by atoms with Gasteiger partial charge in [0.15, 0.2) is 0 Å². The maximum atomic E-state index is 10.3. The van der Waals surface area contributed by atoms with Gasteiger partial charge in [-0.15, -0.1) is 0 Å². The topological polar surface area (TPSA) is 32.7 Å². The molecule has 2 rings (SSSR count). The van der Waals surface area contributed by atoms with Crippen LogP contribution in [0.1, 0.15) is 26.7 Å². The van der Waals surface area contributed by atoms with Crippen LogP contribution in [0, 0.1) is 5.92 Å². The lowest BCUT2D eigenvalue weighted by Gasteiger charge is -2.29. The van der Waals surface area contributed by atoms with Gasteiger partial charge in [-0.05, 0) is 37.4 Å². The highest BCUT2D eigenvalue weighted by molar-refractivity contribution is 5.20. The first-order valence-corrected chi connectivity index (χ1v) is 7.06. The normalized spacial score (nSPS) is 21.8. The second kappa shape index (κ2) is 6.92. The van der Waals surface area contributed by atoms with Gasteiger partial charge in [0, 0.05) is 12.6 Å². The Morgan fingerprint density at radius 2 is 2.11 bits per heavy atom. The molecular weight excluding hydrogens is 238 g/mol. The van der Waals surface area contributed by atoms with E-state index in [0.717, 1.165) is 25.3 Å². The lowest BCUT2D eigenvalue weighted by atomic mass is 10.1. The van der Waals surface area contributed by atoms with E-state index in [9.17, 15) is 5.11 Å². The Kier molecular flexibility index (Phi) is 5.23. The van der Waals surface area contributed by atoms with Crippen molar-refractivity contribution in [3.05, 3.63) is 36.2 Å². The molecule has 1 saturated heterocycles. The highest BCUT2D eigenvalue weighted by Crippen LogP contribution is 2.22. The molecule has 1 fully saturated rings. The summed E-state index contributed by atoms with van der Waals surface area (Å²) >= 11 is 0. The Balaban J connectivity index is 1.83. The van der Waals surface area contributed by atoms with Gasteiger partial charge < -0.3 is 9.84 Å². The Bertz CT molecular complexity index is 366. The molecule has 105 valence electrons. The van der Waals surface area contributed by atoms with Crippen molar-refractivity contribution in [1.29, 1.82) is 0 Å². The number of likely N-dealkylation sites (tertiary alicyclic amines) is 1. The van der Waals surface area contributed by atoms with Crippen LogP contribution in [0.4, 0.5) is 0 Å². The van der Waals surface area contributed by atoms with Crippen molar-refractivity contribution in [3.8, 4) is 5.75 Å². The van der Waals surface area contributed by atoms with Crippen molar-refractivity contribution in [3.63, 3.8) is 0 Å². The fourth-order valence-corrected chi connectivity index (χ4v) is 2.70. The second-order valence-corrected chi connectivity index (χ2v) is 5.58. The van der Waals surface area contributed by atoms with Crippen LogP contribution in [0.2, 0.25) is 0 Å². The summed E-state index contributed by atoms with van der Waals surface area (Å²) in [5, 5.41) is 10.3. The van der Waals surface area contributed by atoms with Crippen molar-refractivity contribution < 1.29 is 9.84 Å². The van der Waals surface area contributed by atoms with Gasteiger partial charge in [0.25, 0.3) is 0 Å². The molecule has 3 nitrogen and oxygen atoms in total. The number of rotatable bonds is 6. The maximum Gasteiger partial charge on any atom is 0.119 e. The molecule has 2 atom stereocenters. The quantitative estimate of drug-likeness (QED) is 0.855. The number of benzene rings is 1. The molecule has 3 heteroatoms. The van der Waals surface area contributed by atoms with E-state index in [1.165, 1.54) is 12.3 Å². The molecule has 1 aromatic carbocycles. The lowest BCUT2D eigenvalue weighted by Crippen LogP contribution is -2.43. The lowest BCUT2D eigenvalue weighted by molar-refractivity contribution is 0.0371. The predicted molar refractivity (Wildman–Crippen MR) is 77.1 cm³/mol. The summed E-state index contributed by atoms with van der Waals surface area (Å²) in [5.41, 5.74) is 0. The molecule has 1 aliphatic heterocycles. The summed E-state index contributed by atoms with van der Waals surface area (Å²) in [4.78, 5) is 2.37. The van der Waals surface area contributed by atoms with E-state index in [2.05, 4.69) is 18.7 Å². The fourth-order valence-electron chi connectivity index (χ4n) is 2.70. The monoisotopic (exact) mass is 262 g/mol. The van der Waals surface area contributed by atoms with Crippen LogP contribution < -0.4 is 4.74 Å². The third-order valence-corrected chi connectivity index (χ3v) is 3.54. The molecule has 0 bridgehead atoms. The molecule has 1 radical (unpaired) electrons. The number of aliphatic hydroxyl groups is 1. The van der Waals surface area contributed by atoms with E-state index in [1.54, 1.807) is 0 Å². The number of aliphatic hydroxyl groups excluding tert-OH is 1. The summed E-state index contributed by atoms with van der Waals surface area (Å²) in [6, 6.07) is 9.92. The van der Waals surface area contributed by atoms with Crippen LogP contribution in [0.25, 0.3) is 0 Å². The molecule has 0 aromatic heterocycles. The fraction of sp³-hybridized carbons (Fsp3) is 0.562. The summed E-state index contributed by atoms with van der Waals surface area (Å²) in [7, 11) is 0. The van der Waals surface area contributed by atoms with Crippen molar-refractivity contribution >= 4 is 0 Å². The van der Waals surface area contributed by atoms with Gasteiger partial charge in [0.05, 0.1) is 0 Å². The van der Waals surface area contributed by atoms with Crippen LogP contribution in [-0.2, 0) is 0 Å². The summed E-state index contributed by atoms with van der Waals surface area (Å²) in [5.74, 6) is 2.22. The van der Waals surface area contributed by atoms with E-state index in [4.69, 9.17) is 4.74 Å². The van der Waals surface area contributed by atoms with Gasteiger partial charge in [-0.3, -0.25) is 4.90 Å². The van der Waals surface area contributed by atoms with Gasteiger partial charge in [0.1, 0.15) is 18.5 Å². The SMILES string of the molecule is C[C](C)CN1CCC[C@@H]1C(O)COc1ccccc1. The molecule has 19 heavy (non-hydrogen) atoms. The van der Waals surface area contributed by atoms with E-state index >= 15 is 0 Å². The number of hydrogen-bond acceptors (Lipinski definition) is 3. The van der Waals surface area contributed by atoms with E-state index in [1.807, 2.05) is 30.3 Å². The zero-order valence-corrected chi connectivity index (χ0v) is 11.9. The smallest absolute Gasteiger partial charge is 0.119 e. The molecule has 1 heterocycles. The van der Waals surface area contributed by atoms with Crippen LogP contribution in [0.15, 0.2) is 30.3 Å². The van der Waals surface area contributed by atoms with Crippen LogP contribution in [0.3, 0.4) is 0 Å². The molecule has 0 spiro atoms. The van der Waals surface area contributed by atoms with Crippen LogP contribution >= 0.6 is 0 Å². The standard InChI is InChI=1S/C16H24NO2/c1-13(2)11-17-10-6-9-15(17)16(18)12-19-14-7-4-3-5-8-14/h3-5,7-8,15-16,18H,6,9-12H2,1-2H3/t15-,16?/m1/s1. The van der Waals surface area contributed by atoms with Gasteiger partial charge in [-0.25, -0.2) is 0 Å². The summed E-state index contributed by atoms with van der Waals surface area (Å²) in [6.07, 6.45) is 1.81. The Morgan fingerprint density at radius 1 is 1.37 bits per heavy atom. The van der Waals surface area contributed by atoms with Crippen LogP contribution in [0.5, 0.6) is 5.75 Å². The first-order chi connectivity index (χ1) is 9.16. The molecular formula is C16H24NO2. The van der Waals surface area contributed by atoms with Gasteiger partial charge >= 0.3 is 0 Å². The predicted octanol–water partition coefficient (Wildman–Crippen LogP) is 2.50. The average molecular weight is 262 g/mol. The van der Waals surface area contributed by atoms with Crippen LogP contribution in [-0.4, -0.2) is 41.8 Å². The molecule has 0 amide bonds. The maximum absolute atomic E-state index is 10.3. The Labute approximate surface area is 116 Å². The third kappa shape index (κ3) is 4.22. The highest BCUT2D eigenvalue weighted by Gasteiger charge is 2.31. The number of hydrogen-bond donors (Lipinski definition) is 1.